The quantitative estimate of drug-likeness (QED) is 0.683. The van der Waals surface area contributed by atoms with Crippen molar-refractivity contribution in [3.05, 3.63) is 0 Å². The highest BCUT2D eigenvalue weighted by Crippen LogP contribution is 2.28. The number of rotatable bonds is 8. The standard InChI is InChI=1S/C18H35N3O2.2ClH/c1-3-20(4-2)12-13-23-16-8-10-21(11-9-16)18(22)14-15-6-5-7-17(15)19;;/h15-17H,3-14,19H2,1-2H3;2*1H/t15-,17+;;/m0../s1. The van der Waals surface area contributed by atoms with Gasteiger partial charge in [0.15, 0.2) is 0 Å². The predicted octanol–water partition coefficient (Wildman–Crippen LogP) is 2.70. The molecule has 0 aromatic rings. The number of carbonyl (C=O) groups excluding carboxylic acids is 1. The number of piperidine rings is 1. The van der Waals surface area contributed by atoms with E-state index in [0.717, 1.165) is 65.0 Å². The molecule has 1 heterocycles. The molecule has 0 unspecified atom stereocenters. The SMILES string of the molecule is CCN(CC)CCOC1CCN(C(=O)C[C@@H]2CCC[C@H]2N)CC1.Cl.Cl. The van der Waals surface area contributed by atoms with E-state index in [-0.39, 0.29) is 30.9 Å². The molecule has 150 valence electrons. The van der Waals surface area contributed by atoms with Crippen LogP contribution in [0.3, 0.4) is 0 Å². The molecule has 0 aromatic carbocycles. The summed E-state index contributed by atoms with van der Waals surface area (Å²) in [5.74, 6) is 0.708. The van der Waals surface area contributed by atoms with Crippen molar-refractivity contribution in [2.45, 2.75) is 64.5 Å². The van der Waals surface area contributed by atoms with Crippen LogP contribution in [0.15, 0.2) is 0 Å². The fraction of sp³-hybridized carbons (Fsp3) is 0.944. The summed E-state index contributed by atoms with van der Waals surface area (Å²) in [5.41, 5.74) is 6.09. The molecule has 7 heteroatoms. The lowest BCUT2D eigenvalue weighted by molar-refractivity contribution is -0.135. The summed E-state index contributed by atoms with van der Waals surface area (Å²) in [7, 11) is 0. The number of nitrogens with zero attached hydrogens (tertiary/aromatic N) is 2. The number of likely N-dealkylation sites (tertiary alicyclic amines) is 1. The second-order valence-electron chi connectivity index (χ2n) is 7.04. The molecule has 1 saturated carbocycles. The molecule has 1 aliphatic heterocycles. The Labute approximate surface area is 165 Å². The Kier molecular flexibility index (Phi) is 13.1. The molecular weight excluding hydrogens is 361 g/mol. The first-order valence-electron chi connectivity index (χ1n) is 9.51. The third-order valence-corrected chi connectivity index (χ3v) is 5.60. The van der Waals surface area contributed by atoms with Gasteiger partial charge in [-0.05, 0) is 44.7 Å². The molecule has 0 aromatic heterocycles. The average Bonchev–Trinajstić information content (AvgIpc) is 2.97. The van der Waals surface area contributed by atoms with E-state index in [1.54, 1.807) is 0 Å². The maximum atomic E-state index is 12.4. The predicted molar refractivity (Wildman–Crippen MR) is 108 cm³/mol. The average molecular weight is 398 g/mol. The van der Waals surface area contributed by atoms with Crippen molar-refractivity contribution in [3.63, 3.8) is 0 Å². The van der Waals surface area contributed by atoms with E-state index in [1.165, 1.54) is 6.42 Å². The zero-order valence-corrected chi connectivity index (χ0v) is 17.5. The number of hydrogen-bond acceptors (Lipinski definition) is 4. The zero-order valence-electron chi connectivity index (χ0n) is 15.8. The van der Waals surface area contributed by atoms with Crippen LogP contribution in [0.1, 0.15) is 52.4 Å². The Morgan fingerprint density at radius 1 is 1.12 bits per heavy atom. The fourth-order valence-corrected chi connectivity index (χ4v) is 3.83. The van der Waals surface area contributed by atoms with Gasteiger partial charge in [-0.15, -0.1) is 24.8 Å². The van der Waals surface area contributed by atoms with Crippen LogP contribution in [-0.4, -0.2) is 67.2 Å². The maximum absolute atomic E-state index is 12.4. The topological polar surface area (TPSA) is 58.8 Å². The van der Waals surface area contributed by atoms with E-state index in [9.17, 15) is 4.79 Å². The summed E-state index contributed by atoms with van der Waals surface area (Å²) in [6.45, 7) is 10.0. The minimum absolute atomic E-state index is 0. The first kappa shape index (κ1) is 24.9. The minimum atomic E-state index is 0. The Morgan fingerprint density at radius 3 is 2.28 bits per heavy atom. The molecule has 0 spiro atoms. The van der Waals surface area contributed by atoms with Gasteiger partial charge in [0.25, 0.3) is 0 Å². The Hall–Kier alpha value is -0.0700. The van der Waals surface area contributed by atoms with Crippen molar-refractivity contribution in [1.29, 1.82) is 0 Å². The molecule has 0 bridgehead atoms. The van der Waals surface area contributed by atoms with Crippen LogP contribution in [0, 0.1) is 5.92 Å². The molecule has 2 atom stereocenters. The number of ether oxygens (including phenoxy) is 1. The second kappa shape index (κ2) is 13.2. The van der Waals surface area contributed by atoms with Crippen molar-refractivity contribution in [2.24, 2.45) is 11.7 Å². The third kappa shape index (κ3) is 8.00. The molecule has 5 nitrogen and oxygen atoms in total. The fourth-order valence-electron chi connectivity index (χ4n) is 3.83. The molecular formula is C18H37Cl2N3O2. The maximum Gasteiger partial charge on any atom is 0.222 e. The molecule has 0 radical (unpaired) electrons. The van der Waals surface area contributed by atoms with Gasteiger partial charge in [-0.2, -0.15) is 0 Å². The van der Waals surface area contributed by atoms with E-state index < -0.39 is 0 Å². The van der Waals surface area contributed by atoms with Crippen molar-refractivity contribution in [2.75, 3.05) is 39.3 Å². The summed E-state index contributed by atoms with van der Waals surface area (Å²) in [4.78, 5) is 16.8. The van der Waals surface area contributed by atoms with Gasteiger partial charge in [-0.25, -0.2) is 0 Å². The van der Waals surface area contributed by atoms with Gasteiger partial charge in [0.2, 0.25) is 5.91 Å². The number of hydrogen-bond donors (Lipinski definition) is 1. The molecule has 25 heavy (non-hydrogen) atoms. The monoisotopic (exact) mass is 397 g/mol. The van der Waals surface area contributed by atoms with Gasteiger partial charge >= 0.3 is 0 Å². The van der Waals surface area contributed by atoms with Crippen LogP contribution in [0.25, 0.3) is 0 Å². The largest absolute Gasteiger partial charge is 0.377 e. The van der Waals surface area contributed by atoms with Crippen LogP contribution in [0.2, 0.25) is 0 Å². The minimum Gasteiger partial charge on any atom is -0.377 e. The number of halogens is 2. The van der Waals surface area contributed by atoms with Gasteiger partial charge in [0.05, 0.1) is 12.7 Å². The number of likely N-dealkylation sites (N-methyl/N-ethyl adjacent to an activating group) is 1. The van der Waals surface area contributed by atoms with Crippen LogP contribution in [0.5, 0.6) is 0 Å². The second-order valence-corrected chi connectivity index (χ2v) is 7.04. The molecule has 2 N–H and O–H groups in total. The normalized spacial score (nSPS) is 24.1. The summed E-state index contributed by atoms with van der Waals surface area (Å²) in [5, 5.41) is 0. The number of amides is 1. The molecule has 2 rings (SSSR count). The number of carbonyl (C=O) groups is 1. The molecule has 1 saturated heterocycles. The van der Waals surface area contributed by atoms with Gasteiger partial charge in [-0.1, -0.05) is 20.3 Å². The highest BCUT2D eigenvalue weighted by molar-refractivity contribution is 5.85. The molecule has 1 aliphatic carbocycles. The van der Waals surface area contributed by atoms with Gasteiger partial charge in [0.1, 0.15) is 0 Å². The van der Waals surface area contributed by atoms with Gasteiger partial charge in [0, 0.05) is 32.1 Å². The van der Waals surface area contributed by atoms with Crippen LogP contribution in [-0.2, 0) is 9.53 Å². The van der Waals surface area contributed by atoms with E-state index in [4.69, 9.17) is 10.5 Å². The zero-order chi connectivity index (χ0) is 16.7. The van der Waals surface area contributed by atoms with Crippen LogP contribution >= 0.6 is 24.8 Å². The van der Waals surface area contributed by atoms with E-state index in [2.05, 4.69) is 18.7 Å². The highest BCUT2D eigenvalue weighted by atomic mass is 35.5. The highest BCUT2D eigenvalue weighted by Gasteiger charge is 2.29. The van der Waals surface area contributed by atoms with E-state index >= 15 is 0 Å². The lowest BCUT2D eigenvalue weighted by atomic mass is 9.98. The Balaban J connectivity index is 0.00000288. The summed E-state index contributed by atoms with van der Waals surface area (Å²) in [6, 6.07) is 0.236. The first-order valence-corrected chi connectivity index (χ1v) is 9.51. The van der Waals surface area contributed by atoms with Crippen molar-refractivity contribution >= 4 is 30.7 Å². The van der Waals surface area contributed by atoms with Crippen molar-refractivity contribution in [1.82, 2.24) is 9.80 Å². The summed E-state index contributed by atoms with van der Waals surface area (Å²) >= 11 is 0. The van der Waals surface area contributed by atoms with Crippen LogP contribution in [0.4, 0.5) is 0 Å². The van der Waals surface area contributed by atoms with Crippen molar-refractivity contribution in [3.8, 4) is 0 Å². The third-order valence-electron chi connectivity index (χ3n) is 5.60. The molecule has 1 amide bonds. The van der Waals surface area contributed by atoms with Gasteiger partial charge in [-0.3, -0.25) is 4.79 Å². The van der Waals surface area contributed by atoms with Crippen molar-refractivity contribution < 1.29 is 9.53 Å². The lowest BCUT2D eigenvalue weighted by Gasteiger charge is -2.33. The molecule has 2 fully saturated rings. The summed E-state index contributed by atoms with van der Waals surface area (Å²) in [6.07, 6.45) is 6.30. The lowest BCUT2D eigenvalue weighted by Crippen LogP contribution is -2.42. The Morgan fingerprint density at radius 2 is 1.76 bits per heavy atom. The molecule has 2 aliphatic rings. The van der Waals surface area contributed by atoms with Gasteiger partial charge < -0.3 is 20.3 Å². The summed E-state index contributed by atoms with van der Waals surface area (Å²) < 4.78 is 6.00. The first-order chi connectivity index (χ1) is 11.1. The Bertz CT molecular complexity index is 362. The smallest absolute Gasteiger partial charge is 0.222 e. The van der Waals surface area contributed by atoms with E-state index in [0.29, 0.717) is 24.3 Å². The van der Waals surface area contributed by atoms with E-state index in [1.807, 2.05) is 4.90 Å². The number of nitrogens with two attached hydrogens (primary N) is 1. The van der Waals surface area contributed by atoms with Crippen LogP contribution < -0.4 is 5.73 Å².